The van der Waals surface area contributed by atoms with Crippen LogP contribution in [0.5, 0.6) is 0 Å². The summed E-state index contributed by atoms with van der Waals surface area (Å²) in [4.78, 5) is 19.2. The van der Waals surface area contributed by atoms with Gasteiger partial charge in [-0.15, -0.1) is 0 Å². The van der Waals surface area contributed by atoms with Gasteiger partial charge in [-0.1, -0.05) is 30.3 Å². The van der Waals surface area contributed by atoms with Crippen LogP contribution in [-0.4, -0.2) is 45.3 Å². The molecule has 1 aromatic carbocycles. The van der Waals surface area contributed by atoms with Gasteiger partial charge in [0.15, 0.2) is 0 Å². The predicted molar refractivity (Wildman–Crippen MR) is 111 cm³/mol. The zero-order valence-electron chi connectivity index (χ0n) is 17.1. The number of carbonyl (C=O) groups is 1. The summed E-state index contributed by atoms with van der Waals surface area (Å²) >= 11 is 0. The van der Waals surface area contributed by atoms with Crippen molar-refractivity contribution in [3.63, 3.8) is 0 Å². The minimum absolute atomic E-state index is 0.164. The largest absolute Gasteiger partial charge is 0.377 e. The lowest BCUT2D eigenvalue weighted by molar-refractivity contribution is -0.00336. The molecule has 30 heavy (non-hydrogen) atoms. The van der Waals surface area contributed by atoms with E-state index in [9.17, 15) is 4.79 Å². The second-order valence-corrected chi connectivity index (χ2v) is 7.36. The molecule has 0 radical (unpaired) electrons. The molecule has 152 valence electrons. The maximum atomic E-state index is 13.2. The Morgan fingerprint density at radius 3 is 2.73 bits per heavy atom. The number of carbonyl (C=O) groups excluding carboxylic acids is 1. The Labute approximate surface area is 175 Å². The SMILES string of the molecule is Cc1nn(Cc2ccccc2)c(C)c1[C@H]1COCCN1C(=O)c1ccc(C#N)cn1. The molecule has 7 heteroatoms. The van der Waals surface area contributed by atoms with Crippen LogP contribution in [0.2, 0.25) is 0 Å². The van der Waals surface area contributed by atoms with Crippen molar-refractivity contribution < 1.29 is 9.53 Å². The molecular formula is C23H23N5O2. The second kappa shape index (κ2) is 8.47. The van der Waals surface area contributed by atoms with Crippen LogP contribution in [0, 0.1) is 25.2 Å². The molecule has 4 rings (SSSR count). The molecule has 0 aliphatic carbocycles. The summed E-state index contributed by atoms with van der Waals surface area (Å²) in [5.74, 6) is -0.164. The monoisotopic (exact) mass is 401 g/mol. The van der Waals surface area contributed by atoms with E-state index in [0.717, 1.165) is 17.0 Å². The normalized spacial score (nSPS) is 16.3. The van der Waals surface area contributed by atoms with Crippen LogP contribution in [0.3, 0.4) is 0 Å². The smallest absolute Gasteiger partial charge is 0.273 e. The predicted octanol–water partition coefficient (Wildman–Crippen LogP) is 3.03. The van der Waals surface area contributed by atoms with E-state index in [-0.39, 0.29) is 11.9 Å². The fourth-order valence-corrected chi connectivity index (χ4v) is 3.92. The van der Waals surface area contributed by atoms with Crippen LogP contribution >= 0.6 is 0 Å². The number of aromatic nitrogens is 3. The molecule has 0 N–H and O–H groups in total. The standard InChI is InChI=1S/C23H23N5O2/c1-16-22(17(2)28(26-16)14-18-6-4-3-5-7-18)21-15-30-11-10-27(21)23(29)20-9-8-19(12-24)13-25-20/h3-9,13,21H,10-11,14-15H2,1-2H3/t21-/m1/s1. The van der Waals surface area contributed by atoms with Crippen LogP contribution in [0.15, 0.2) is 48.7 Å². The highest BCUT2D eigenvalue weighted by Crippen LogP contribution is 2.30. The van der Waals surface area contributed by atoms with Crippen LogP contribution in [0.25, 0.3) is 0 Å². The summed E-state index contributed by atoms with van der Waals surface area (Å²) in [7, 11) is 0. The van der Waals surface area contributed by atoms with Gasteiger partial charge in [0.1, 0.15) is 11.8 Å². The molecule has 7 nitrogen and oxygen atoms in total. The van der Waals surface area contributed by atoms with Gasteiger partial charge < -0.3 is 9.64 Å². The highest BCUT2D eigenvalue weighted by atomic mass is 16.5. The average Bonchev–Trinajstić information content (AvgIpc) is 3.06. The third-order valence-electron chi connectivity index (χ3n) is 5.45. The molecule has 3 heterocycles. The minimum Gasteiger partial charge on any atom is -0.377 e. The van der Waals surface area contributed by atoms with Gasteiger partial charge in [0.25, 0.3) is 5.91 Å². The Morgan fingerprint density at radius 2 is 2.03 bits per heavy atom. The summed E-state index contributed by atoms with van der Waals surface area (Å²) in [6, 6.07) is 15.2. The van der Waals surface area contributed by atoms with E-state index in [1.165, 1.54) is 11.8 Å². The van der Waals surface area contributed by atoms with E-state index in [1.54, 1.807) is 12.1 Å². The van der Waals surface area contributed by atoms with Gasteiger partial charge in [-0.05, 0) is 31.5 Å². The lowest BCUT2D eigenvalue weighted by Crippen LogP contribution is -2.44. The fraction of sp³-hybridized carbons (Fsp3) is 0.304. The van der Waals surface area contributed by atoms with E-state index >= 15 is 0 Å². The second-order valence-electron chi connectivity index (χ2n) is 7.36. The lowest BCUT2D eigenvalue weighted by atomic mass is 10.0. The number of nitriles is 1. The quantitative estimate of drug-likeness (QED) is 0.671. The topological polar surface area (TPSA) is 84.0 Å². The minimum atomic E-state index is -0.229. The van der Waals surface area contributed by atoms with Crippen molar-refractivity contribution in [1.29, 1.82) is 5.26 Å². The van der Waals surface area contributed by atoms with E-state index in [1.807, 2.05) is 47.7 Å². The summed E-state index contributed by atoms with van der Waals surface area (Å²) in [6.07, 6.45) is 1.43. The Bertz CT molecular complexity index is 1080. The third kappa shape index (κ3) is 3.82. The van der Waals surface area contributed by atoms with Gasteiger partial charge in [0.05, 0.1) is 37.1 Å². The molecule has 3 aromatic rings. The Hall–Kier alpha value is -3.50. The number of nitrogens with zero attached hydrogens (tertiary/aromatic N) is 5. The van der Waals surface area contributed by atoms with Crippen LogP contribution in [-0.2, 0) is 11.3 Å². The molecule has 1 saturated heterocycles. The number of pyridine rings is 1. The Balaban J connectivity index is 1.64. The van der Waals surface area contributed by atoms with Gasteiger partial charge in [0.2, 0.25) is 0 Å². The van der Waals surface area contributed by atoms with Crippen molar-refractivity contribution in [3.8, 4) is 6.07 Å². The van der Waals surface area contributed by atoms with E-state index < -0.39 is 0 Å². The van der Waals surface area contributed by atoms with Crippen molar-refractivity contribution >= 4 is 5.91 Å². The number of hydrogen-bond donors (Lipinski definition) is 0. The Kier molecular flexibility index (Phi) is 5.59. The van der Waals surface area contributed by atoms with Crippen molar-refractivity contribution in [2.45, 2.75) is 26.4 Å². The maximum absolute atomic E-state index is 13.2. The summed E-state index contributed by atoms with van der Waals surface area (Å²) < 4.78 is 7.72. The van der Waals surface area contributed by atoms with Gasteiger partial charge in [-0.3, -0.25) is 9.48 Å². The van der Waals surface area contributed by atoms with Crippen LogP contribution in [0.1, 0.15) is 44.6 Å². The lowest BCUT2D eigenvalue weighted by Gasteiger charge is -2.35. The first-order valence-electron chi connectivity index (χ1n) is 9.91. The molecule has 0 bridgehead atoms. The number of amides is 1. The number of rotatable bonds is 4. The molecule has 0 spiro atoms. The highest BCUT2D eigenvalue weighted by Gasteiger charge is 2.33. The molecule has 1 aliphatic rings. The Morgan fingerprint density at radius 1 is 1.23 bits per heavy atom. The molecule has 0 unspecified atom stereocenters. The van der Waals surface area contributed by atoms with Crippen molar-refractivity contribution in [3.05, 3.63) is 82.4 Å². The number of ether oxygens (including phenoxy) is 1. The van der Waals surface area contributed by atoms with E-state index in [4.69, 9.17) is 15.1 Å². The molecular weight excluding hydrogens is 378 g/mol. The van der Waals surface area contributed by atoms with E-state index in [0.29, 0.717) is 37.6 Å². The first-order chi connectivity index (χ1) is 14.6. The van der Waals surface area contributed by atoms with Gasteiger partial charge in [-0.2, -0.15) is 10.4 Å². The molecule has 1 atom stereocenters. The fourth-order valence-electron chi connectivity index (χ4n) is 3.92. The van der Waals surface area contributed by atoms with Gasteiger partial charge >= 0.3 is 0 Å². The first kappa shape index (κ1) is 19.8. The van der Waals surface area contributed by atoms with Crippen molar-refractivity contribution in [1.82, 2.24) is 19.7 Å². The average molecular weight is 401 g/mol. The molecule has 2 aromatic heterocycles. The zero-order chi connectivity index (χ0) is 21.1. The molecule has 0 saturated carbocycles. The first-order valence-corrected chi connectivity index (χ1v) is 9.91. The van der Waals surface area contributed by atoms with Gasteiger partial charge in [0, 0.05) is 24.0 Å². The number of aryl methyl sites for hydroxylation is 1. The third-order valence-corrected chi connectivity index (χ3v) is 5.45. The highest BCUT2D eigenvalue weighted by molar-refractivity contribution is 5.92. The van der Waals surface area contributed by atoms with Crippen molar-refractivity contribution in [2.24, 2.45) is 0 Å². The molecule has 1 amide bonds. The van der Waals surface area contributed by atoms with Crippen LogP contribution < -0.4 is 0 Å². The van der Waals surface area contributed by atoms with E-state index in [2.05, 4.69) is 17.1 Å². The maximum Gasteiger partial charge on any atom is 0.273 e. The number of hydrogen-bond acceptors (Lipinski definition) is 5. The van der Waals surface area contributed by atoms with Crippen molar-refractivity contribution in [2.75, 3.05) is 19.8 Å². The summed E-state index contributed by atoms with van der Waals surface area (Å²) in [5.41, 5.74) is 4.87. The number of benzene rings is 1. The van der Waals surface area contributed by atoms with Gasteiger partial charge in [-0.25, -0.2) is 4.98 Å². The zero-order valence-corrected chi connectivity index (χ0v) is 17.1. The summed E-state index contributed by atoms with van der Waals surface area (Å²) in [5, 5.41) is 13.7. The molecule has 1 aliphatic heterocycles. The molecule has 1 fully saturated rings. The number of morpholine rings is 1. The summed E-state index contributed by atoms with van der Waals surface area (Å²) in [6.45, 7) is 6.06. The van der Waals surface area contributed by atoms with Crippen LogP contribution in [0.4, 0.5) is 0 Å².